The van der Waals surface area contributed by atoms with E-state index in [1.807, 2.05) is 0 Å². The summed E-state index contributed by atoms with van der Waals surface area (Å²) < 4.78 is 1.10. The summed E-state index contributed by atoms with van der Waals surface area (Å²) in [4.78, 5) is 5.02. The monoisotopic (exact) mass is 344 g/mol. The van der Waals surface area contributed by atoms with Crippen molar-refractivity contribution < 1.29 is 0 Å². The van der Waals surface area contributed by atoms with E-state index in [9.17, 15) is 0 Å². The zero-order valence-electron chi connectivity index (χ0n) is 11.7. The standard InChI is InChI=1S/C15H22BrClN2/c1-12(2)11-18-5-7-19(8-6-18)15-4-3-14(16)9-13(15)10-17/h3-4,9,12H,5-8,10-11H2,1-2H3. The zero-order valence-corrected chi connectivity index (χ0v) is 14.0. The Labute approximate surface area is 129 Å². The summed E-state index contributed by atoms with van der Waals surface area (Å²) >= 11 is 9.58. The first-order chi connectivity index (χ1) is 9.10. The molecule has 1 aliphatic rings. The Morgan fingerprint density at radius 1 is 1.21 bits per heavy atom. The number of rotatable bonds is 4. The van der Waals surface area contributed by atoms with E-state index in [2.05, 4.69) is 57.8 Å². The first-order valence-corrected chi connectivity index (χ1v) is 8.24. The number of alkyl halides is 1. The van der Waals surface area contributed by atoms with Gasteiger partial charge in [-0.05, 0) is 29.7 Å². The van der Waals surface area contributed by atoms with E-state index in [1.54, 1.807) is 0 Å². The third-order valence-corrected chi connectivity index (χ3v) is 4.30. The third kappa shape index (κ3) is 4.11. The van der Waals surface area contributed by atoms with Crippen LogP contribution in [-0.4, -0.2) is 37.6 Å². The number of nitrogens with zero attached hydrogens (tertiary/aromatic N) is 2. The van der Waals surface area contributed by atoms with Crippen LogP contribution in [0.1, 0.15) is 19.4 Å². The van der Waals surface area contributed by atoms with Gasteiger partial charge in [0, 0.05) is 48.8 Å². The highest BCUT2D eigenvalue weighted by Gasteiger charge is 2.19. The van der Waals surface area contributed by atoms with Crippen molar-refractivity contribution in [3.8, 4) is 0 Å². The van der Waals surface area contributed by atoms with Gasteiger partial charge in [-0.25, -0.2) is 0 Å². The van der Waals surface area contributed by atoms with Crippen molar-refractivity contribution in [2.24, 2.45) is 5.92 Å². The second kappa shape index (κ2) is 6.96. The van der Waals surface area contributed by atoms with Gasteiger partial charge in [-0.2, -0.15) is 0 Å². The minimum absolute atomic E-state index is 0.570. The molecule has 0 radical (unpaired) electrons. The summed E-state index contributed by atoms with van der Waals surface area (Å²) in [5.74, 6) is 1.32. The van der Waals surface area contributed by atoms with Crippen molar-refractivity contribution in [1.82, 2.24) is 4.90 Å². The van der Waals surface area contributed by atoms with Gasteiger partial charge in [0.2, 0.25) is 0 Å². The lowest BCUT2D eigenvalue weighted by molar-refractivity contribution is 0.231. The predicted molar refractivity (Wildman–Crippen MR) is 87.2 cm³/mol. The molecule has 1 fully saturated rings. The molecule has 0 aliphatic carbocycles. The SMILES string of the molecule is CC(C)CN1CCN(c2ccc(Br)cc2CCl)CC1. The molecule has 1 aliphatic heterocycles. The van der Waals surface area contributed by atoms with Gasteiger partial charge in [0.05, 0.1) is 0 Å². The van der Waals surface area contributed by atoms with Gasteiger partial charge in [0.15, 0.2) is 0 Å². The van der Waals surface area contributed by atoms with Crippen molar-refractivity contribution >= 4 is 33.2 Å². The highest BCUT2D eigenvalue weighted by atomic mass is 79.9. The van der Waals surface area contributed by atoms with Crippen molar-refractivity contribution in [1.29, 1.82) is 0 Å². The summed E-state index contributed by atoms with van der Waals surface area (Å²) in [6, 6.07) is 6.41. The number of hydrogen-bond donors (Lipinski definition) is 0. The van der Waals surface area contributed by atoms with Gasteiger partial charge in [-0.15, -0.1) is 11.6 Å². The molecule has 0 unspecified atom stereocenters. The van der Waals surface area contributed by atoms with Gasteiger partial charge < -0.3 is 4.90 Å². The summed E-state index contributed by atoms with van der Waals surface area (Å²) in [6.45, 7) is 10.3. The van der Waals surface area contributed by atoms with Gasteiger partial charge in [0.1, 0.15) is 0 Å². The Bertz CT molecular complexity index is 415. The molecule has 1 aromatic carbocycles. The molecule has 0 atom stereocenters. The van der Waals surface area contributed by atoms with Gasteiger partial charge >= 0.3 is 0 Å². The van der Waals surface area contributed by atoms with Crippen LogP contribution in [0.25, 0.3) is 0 Å². The maximum Gasteiger partial charge on any atom is 0.0494 e. The van der Waals surface area contributed by atoms with E-state index in [-0.39, 0.29) is 0 Å². The van der Waals surface area contributed by atoms with Crippen molar-refractivity contribution in [3.63, 3.8) is 0 Å². The lowest BCUT2D eigenvalue weighted by atomic mass is 10.1. The van der Waals surface area contributed by atoms with Crippen LogP contribution < -0.4 is 4.90 Å². The first kappa shape index (κ1) is 15.1. The topological polar surface area (TPSA) is 6.48 Å². The number of halogens is 2. The number of benzene rings is 1. The Morgan fingerprint density at radius 3 is 2.47 bits per heavy atom. The summed E-state index contributed by atoms with van der Waals surface area (Å²) in [5, 5.41) is 0. The molecular formula is C15H22BrClN2. The average Bonchev–Trinajstić information content (AvgIpc) is 2.39. The van der Waals surface area contributed by atoms with Crippen LogP contribution >= 0.6 is 27.5 Å². The Hall–Kier alpha value is -0.250. The van der Waals surface area contributed by atoms with Gasteiger partial charge in [-0.3, -0.25) is 4.90 Å². The Balaban J connectivity index is 2.01. The number of anilines is 1. The third-order valence-electron chi connectivity index (χ3n) is 3.52. The quantitative estimate of drug-likeness (QED) is 0.762. The predicted octanol–water partition coefficient (Wildman–Crippen LogP) is 3.97. The summed E-state index contributed by atoms with van der Waals surface area (Å²) in [6.07, 6.45) is 0. The smallest absolute Gasteiger partial charge is 0.0494 e. The molecule has 19 heavy (non-hydrogen) atoms. The van der Waals surface area contributed by atoms with Crippen LogP contribution in [0, 0.1) is 5.92 Å². The molecule has 0 N–H and O–H groups in total. The molecule has 0 spiro atoms. The normalized spacial score (nSPS) is 17.2. The number of hydrogen-bond acceptors (Lipinski definition) is 2. The highest BCUT2D eigenvalue weighted by Crippen LogP contribution is 2.27. The molecule has 0 aromatic heterocycles. The van der Waals surface area contributed by atoms with Crippen LogP contribution in [0.5, 0.6) is 0 Å². The van der Waals surface area contributed by atoms with Gasteiger partial charge in [-0.1, -0.05) is 29.8 Å². The lowest BCUT2D eigenvalue weighted by Gasteiger charge is -2.37. The maximum absolute atomic E-state index is 6.06. The maximum atomic E-state index is 6.06. The van der Waals surface area contributed by atoms with Crippen LogP contribution in [0.4, 0.5) is 5.69 Å². The highest BCUT2D eigenvalue weighted by molar-refractivity contribution is 9.10. The molecule has 0 bridgehead atoms. The molecule has 1 saturated heterocycles. The van der Waals surface area contributed by atoms with Crippen molar-refractivity contribution in [2.75, 3.05) is 37.6 Å². The summed E-state index contributed by atoms with van der Waals surface area (Å²) in [7, 11) is 0. The van der Waals surface area contributed by atoms with Crippen molar-refractivity contribution in [3.05, 3.63) is 28.2 Å². The fraction of sp³-hybridized carbons (Fsp3) is 0.600. The molecule has 1 aromatic rings. The second-order valence-electron chi connectivity index (χ2n) is 5.59. The van der Waals surface area contributed by atoms with Crippen LogP contribution in [0.15, 0.2) is 22.7 Å². The van der Waals surface area contributed by atoms with E-state index in [0.29, 0.717) is 5.88 Å². The van der Waals surface area contributed by atoms with E-state index in [4.69, 9.17) is 11.6 Å². The van der Waals surface area contributed by atoms with Crippen LogP contribution in [-0.2, 0) is 5.88 Å². The summed E-state index contributed by atoms with van der Waals surface area (Å²) in [5.41, 5.74) is 2.51. The first-order valence-electron chi connectivity index (χ1n) is 6.92. The van der Waals surface area contributed by atoms with E-state index in [1.165, 1.54) is 17.8 Å². The van der Waals surface area contributed by atoms with Gasteiger partial charge in [0.25, 0.3) is 0 Å². The molecule has 2 nitrogen and oxygen atoms in total. The lowest BCUT2D eigenvalue weighted by Crippen LogP contribution is -2.47. The Kier molecular flexibility index (Phi) is 5.55. The van der Waals surface area contributed by atoms with Crippen LogP contribution in [0.3, 0.4) is 0 Å². The molecule has 106 valence electrons. The molecular weight excluding hydrogens is 324 g/mol. The molecule has 0 amide bonds. The minimum Gasteiger partial charge on any atom is -0.369 e. The molecule has 2 rings (SSSR count). The molecule has 0 saturated carbocycles. The largest absolute Gasteiger partial charge is 0.369 e. The Morgan fingerprint density at radius 2 is 1.89 bits per heavy atom. The second-order valence-corrected chi connectivity index (χ2v) is 6.77. The fourth-order valence-electron chi connectivity index (χ4n) is 2.66. The van der Waals surface area contributed by atoms with E-state index < -0.39 is 0 Å². The van der Waals surface area contributed by atoms with Crippen molar-refractivity contribution in [2.45, 2.75) is 19.7 Å². The molecule has 4 heteroatoms. The van der Waals surface area contributed by atoms with E-state index in [0.717, 1.165) is 36.6 Å². The zero-order chi connectivity index (χ0) is 13.8. The van der Waals surface area contributed by atoms with E-state index >= 15 is 0 Å². The average molecular weight is 346 g/mol. The molecule has 1 heterocycles. The minimum atomic E-state index is 0.570. The number of piperazine rings is 1. The van der Waals surface area contributed by atoms with Crippen LogP contribution in [0.2, 0.25) is 0 Å². The fourth-order valence-corrected chi connectivity index (χ4v) is 3.28.